The van der Waals surface area contributed by atoms with Crippen LogP contribution in [0.1, 0.15) is 81.3 Å². The molecule has 12 nitrogen and oxygen atoms in total. The highest BCUT2D eigenvalue weighted by atomic mass is 16.7. The molecule has 332 valence electrons. The van der Waals surface area contributed by atoms with Gasteiger partial charge in [-0.05, 0) is 105 Å². The number of hydroxylamine groups is 2. The fourth-order valence-corrected chi connectivity index (χ4v) is 11.1. The lowest BCUT2D eigenvalue weighted by molar-refractivity contribution is -0.175. The quantitative estimate of drug-likeness (QED) is 0.122. The van der Waals surface area contributed by atoms with Gasteiger partial charge in [0.2, 0.25) is 5.91 Å². The molecular weight excluding hydrogens is 769 g/mol. The van der Waals surface area contributed by atoms with Gasteiger partial charge < -0.3 is 41.1 Å². The van der Waals surface area contributed by atoms with Crippen LogP contribution in [0.5, 0.6) is 5.75 Å². The summed E-state index contributed by atoms with van der Waals surface area (Å²) in [6.45, 7) is 12.2. The van der Waals surface area contributed by atoms with Crippen molar-refractivity contribution in [1.82, 2.24) is 20.6 Å². The fraction of sp³-hybridized carbons (Fsp3) is 0.592. The predicted octanol–water partition coefficient (Wildman–Crippen LogP) is 5.24. The summed E-state index contributed by atoms with van der Waals surface area (Å²) < 4.78 is 6.18. The van der Waals surface area contributed by atoms with Crippen LogP contribution in [0.4, 0.5) is 5.69 Å². The maximum atomic E-state index is 14.4. The van der Waals surface area contributed by atoms with Crippen molar-refractivity contribution in [2.24, 2.45) is 34.8 Å². The van der Waals surface area contributed by atoms with E-state index in [-0.39, 0.29) is 49.0 Å². The number of carbonyl (C=O) groups is 2. The average molecular weight is 839 g/mol. The number of nitrogens with two attached hydrogens (primary N) is 1. The second kappa shape index (κ2) is 19.6. The number of hydrogen-bond donors (Lipinski definition) is 5. The Bertz CT molecular complexity index is 1950. The number of methoxy groups -OCH3 is 1. The molecule has 3 aromatic rings. The monoisotopic (exact) mass is 839 g/mol. The number of nitrogens with zero attached hydrogens (tertiary/aromatic N) is 3. The van der Waals surface area contributed by atoms with Crippen molar-refractivity contribution >= 4 is 17.5 Å². The van der Waals surface area contributed by atoms with Crippen LogP contribution in [0, 0.1) is 29.1 Å². The third-order valence-electron chi connectivity index (χ3n) is 14.7. The highest BCUT2D eigenvalue weighted by Gasteiger charge is 2.57. The van der Waals surface area contributed by atoms with E-state index in [0.717, 1.165) is 48.4 Å². The molecule has 2 amide bonds. The normalized spacial score (nSPS) is 27.1. The second-order valence-corrected chi connectivity index (χ2v) is 18.9. The Morgan fingerprint density at radius 1 is 1.05 bits per heavy atom. The van der Waals surface area contributed by atoms with Gasteiger partial charge in [0.1, 0.15) is 11.8 Å². The molecule has 0 spiro atoms. The van der Waals surface area contributed by atoms with E-state index < -0.39 is 24.2 Å². The van der Waals surface area contributed by atoms with Crippen LogP contribution in [0.15, 0.2) is 66.7 Å². The van der Waals surface area contributed by atoms with E-state index in [4.69, 9.17) is 15.3 Å². The molecule has 2 aliphatic heterocycles. The van der Waals surface area contributed by atoms with Gasteiger partial charge >= 0.3 is 0 Å². The minimum atomic E-state index is -0.839. The second-order valence-electron chi connectivity index (χ2n) is 18.9. The number of fused-ring (bicyclic) bond motifs is 2. The number of likely N-dealkylation sites (N-methyl/N-ethyl adjacent to an activating group) is 1. The minimum Gasteiger partial charge on any atom is -0.496 e. The maximum absolute atomic E-state index is 14.4. The molecule has 3 aromatic carbocycles. The minimum absolute atomic E-state index is 0.0450. The summed E-state index contributed by atoms with van der Waals surface area (Å²) in [7, 11) is 3.53. The number of aliphatic hydroxyl groups excluding tert-OH is 2. The van der Waals surface area contributed by atoms with Gasteiger partial charge in [-0.2, -0.15) is 5.06 Å². The standard InChI is InChI=1S/C49H70N6O6/c1-31-41-26-37(49(41,3)4)27-42(31)52-48(59)45-44(32(2)57)43(28-50)61-55(45)29-34-16-13-17-40(46(34)60-6)35-23-36(25-39(24-35)53(5)20-21-56)47(58)51-38(22-33-14-9-7-10-15-33)30-54-18-11-8-12-19-54/h7,9-10,13-17,23-25,31-32,37-38,41-45,56-57H,8,11-12,18-22,26-30,50H2,1-6H3,(H,51,58)(H,52,59)/t31-,32-,37-,38-,41-,42-,43-,44+,45-/m0/s1. The summed E-state index contributed by atoms with van der Waals surface area (Å²) in [6.07, 6.45) is 5.05. The lowest BCUT2D eigenvalue weighted by Gasteiger charge is -2.62. The van der Waals surface area contributed by atoms with Crippen molar-refractivity contribution in [3.63, 3.8) is 0 Å². The summed E-state index contributed by atoms with van der Waals surface area (Å²) in [6, 6.07) is 21.2. The number of anilines is 1. The molecule has 0 aromatic heterocycles. The first-order chi connectivity index (χ1) is 29.3. The molecule has 12 heteroatoms. The molecule has 3 aliphatic carbocycles. The van der Waals surface area contributed by atoms with Crippen LogP contribution in [0.2, 0.25) is 0 Å². The number of piperidine rings is 1. The molecule has 8 rings (SSSR count). The molecule has 3 saturated carbocycles. The number of amides is 2. The third kappa shape index (κ3) is 9.80. The third-order valence-corrected chi connectivity index (χ3v) is 14.7. The Morgan fingerprint density at radius 2 is 1.80 bits per heavy atom. The van der Waals surface area contributed by atoms with Gasteiger partial charge in [-0.3, -0.25) is 14.4 Å². The van der Waals surface area contributed by atoms with Gasteiger partial charge in [-0.15, -0.1) is 0 Å². The van der Waals surface area contributed by atoms with Gasteiger partial charge in [0.25, 0.3) is 5.91 Å². The highest BCUT2D eigenvalue weighted by molar-refractivity contribution is 5.97. The summed E-state index contributed by atoms with van der Waals surface area (Å²) in [5, 5.41) is 29.5. The number of ether oxygens (including phenoxy) is 1. The Labute approximate surface area is 363 Å². The number of nitrogens with one attached hydrogen (secondary N) is 2. The van der Waals surface area contributed by atoms with E-state index in [1.54, 1.807) is 19.1 Å². The topological polar surface area (TPSA) is 153 Å². The zero-order chi connectivity index (χ0) is 43.4. The fourth-order valence-electron chi connectivity index (χ4n) is 11.1. The van der Waals surface area contributed by atoms with E-state index in [9.17, 15) is 19.8 Å². The number of para-hydroxylation sites is 1. The van der Waals surface area contributed by atoms with E-state index >= 15 is 0 Å². The Morgan fingerprint density at radius 3 is 2.46 bits per heavy atom. The van der Waals surface area contributed by atoms with E-state index in [1.165, 1.54) is 31.2 Å². The van der Waals surface area contributed by atoms with Gasteiger partial charge in [0.05, 0.1) is 32.5 Å². The molecule has 6 N–H and O–H groups in total. The first-order valence-corrected chi connectivity index (χ1v) is 22.6. The van der Waals surface area contributed by atoms with Crippen molar-refractivity contribution in [2.45, 2.75) is 103 Å². The lowest BCUT2D eigenvalue weighted by atomic mass is 9.45. The van der Waals surface area contributed by atoms with Crippen LogP contribution in [0.3, 0.4) is 0 Å². The summed E-state index contributed by atoms with van der Waals surface area (Å²) >= 11 is 0. The molecular formula is C49H70N6O6. The van der Waals surface area contributed by atoms with E-state index in [1.807, 2.05) is 66.5 Å². The zero-order valence-corrected chi connectivity index (χ0v) is 37.2. The Kier molecular flexibility index (Phi) is 14.4. The molecule has 61 heavy (non-hydrogen) atoms. The van der Waals surface area contributed by atoms with Crippen molar-refractivity contribution in [3.05, 3.63) is 83.4 Å². The molecule has 2 saturated heterocycles. The van der Waals surface area contributed by atoms with Gasteiger partial charge in [0, 0.05) is 67.1 Å². The lowest BCUT2D eigenvalue weighted by Crippen LogP contribution is -2.62. The van der Waals surface area contributed by atoms with Crippen LogP contribution >= 0.6 is 0 Å². The number of benzene rings is 3. The number of hydrogen-bond acceptors (Lipinski definition) is 10. The summed E-state index contributed by atoms with van der Waals surface area (Å²) in [5.41, 5.74) is 11.3. The van der Waals surface area contributed by atoms with Crippen LogP contribution in [0.25, 0.3) is 11.1 Å². The van der Waals surface area contributed by atoms with Crippen LogP contribution < -0.4 is 26.0 Å². The van der Waals surface area contributed by atoms with Gasteiger partial charge in [0.15, 0.2) is 0 Å². The largest absolute Gasteiger partial charge is 0.496 e. The van der Waals surface area contributed by atoms with Crippen molar-refractivity contribution in [2.75, 3.05) is 58.4 Å². The summed E-state index contributed by atoms with van der Waals surface area (Å²) in [5.74, 6) is 1.20. The highest BCUT2D eigenvalue weighted by Crippen LogP contribution is 2.61. The van der Waals surface area contributed by atoms with Gasteiger partial charge in [-0.1, -0.05) is 75.7 Å². The molecule has 5 fully saturated rings. The Hall–Kier alpha value is -4.04. The predicted molar refractivity (Wildman–Crippen MR) is 240 cm³/mol. The molecule has 0 radical (unpaired) electrons. The Balaban J connectivity index is 1.17. The smallest absolute Gasteiger partial charge is 0.251 e. The number of rotatable bonds is 17. The van der Waals surface area contributed by atoms with E-state index in [2.05, 4.69) is 48.4 Å². The van der Waals surface area contributed by atoms with E-state index in [0.29, 0.717) is 42.0 Å². The maximum Gasteiger partial charge on any atom is 0.251 e. The SMILES string of the molecule is COc1c(CN2O[C@@H](CN)[C@@H]([C@H](C)O)[C@H]2C(=O)N[C@H]2C[C@@H]3C[C@@H]([C@@H]2C)C3(C)C)cccc1-c1cc(C(=O)N[C@@H](Cc2ccccc2)CN2CCCCC2)cc(N(C)CCO)c1. The molecule has 9 atom stereocenters. The van der Waals surface area contributed by atoms with Gasteiger partial charge in [-0.25, -0.2) is 0 Å². The molecule has 0 unspecified atom stereocenters. The summed E-state index contributed by atoms with van der Waals surface area (Å²) in [4.78, 5) is 39.7. The van der Waals surface area contributed by atoms with Crippen LogP contribution in [-0.4, -0.2) is 116 Å². The average Bonchev–Trinajstić information content (AvgIpc) is 3.63. The first kappa shape index (κ1) is 45.0. The molecule has 2 bridgehead atoms. The molecule has 5 aliphatic rings. The van der Waals surface area contributed by atoms with Crippen molar-refractivity contribution < 1.29 is 29.4 Å². The first-order valence-electron chi connectivity index (χ1n) is 22.6. The number of aliphatic hydroxyl groups is 2. The molecule has 2 heterocycles. The van der Waals surface area contributed by atoms with Crippen molar-refractivity contribution in [1.29, 1.82) is 0 Å². The zero-order valence-electron chi connectivity index (χ0n) is 37.2. The number of carbonyl (C=O) groups excluding carboxylic acids is 2. The number of likely N-dealkylation sites (tertiary alicyclic amines) is 1. The van der Waals surface area contributed by atoms with Crippen molar-refractivity contribution in [3.8, 4) is 16.9 Å². The van der Waals surface area contributed by atoms with Crippen LogP contribution in [-0.2, 0) is 22.6 Å².